The highest BCUT2D eigenvalue weighted by Gasteiger charge is 2.25. The number of nitrogens with zero attached hydrogens (tertiary/aromatic N) is 1. The standard InChI is InChI=1S/C20H20BrN3O3/c21-15-6-7-16-17(13-15)24(11-10-23-20(16)27)19(26)8-9-22-18(25)12-14-4-2-1-3-5-14/h1-7,13H,8-12H2,(H,22,25)(H,23,27). The molecular weight excluding hydrogens is 410 g/mol. The molecule has 0 spiro atoms. The van der Waals surface area contributed by atoms with E-state index in [9.17, 15) is 14.4 Å². The Labute approximate surface area is 166 Å². The van der Waals surface area contributed by atoms with Gasteiger partial charge in [0.15, 0.2) is 0 Å². The summed E-state index contributed by atoms with van der Waals surface area (Å²) in [6.07, 6.45) is 0.452. The van der Waals surface area contributed by atoms with E-state index in [-0.39, 0.29) is 37.1 Å². The van der Waals surface area contributed by atoms with E-state index in [2.05, 4.69) is 26.6 Å². The van der Waals surface area contributed by atoms with Crippen LogP contribution in [-0.4, -0.2) is 37.4 Å². The molecule has 7 heteroatoms. The molecule has 2 aromatic rings. The lowest BCUT2D eigenvalue weighted by atomic mass is 10.1. The van der Waals surface area contributed by atoms with E-state index in [1.54, 1.807) is 23.1 Å². The van der Waals surface area contributed by atoms with Crippen molar-refractivity contribution in [2.24, 2.45) is 0 Å². The van der Waals surface area contributed by atoms with Crippen LogP contribution in [0.5, 0.6) is 0 Å². The van der Waals surface area contributed by atoms with E-state index in [1.807, 2.05) is 30.3 Å². The van der Waals surface area contributed by atoms with Gasteiger partial charge in [0.2, 0.25) is 11.8 Å². The number of fused-ring (bicyclic) bond motifs is 1. The summed E-state index contributed by atoms with van der Waals surface area (Å²) in [4.78, 5) is 38.4. The second kappa shape index (κ2) is 8.81. The predicted octanol–water partition coefficient (Wildman–Crippen LogP) is 2.27. The second-order valence-electron chi connectivity index (χ2n) is 6.23. The lowest BCUT2D eigenvalue weighted by molar-refractivity contribution is -0.121. The van der Waals surface area contributed by atoms with Crippen molar-refractivity contribution in [2.45, 2.75) is 12.8 Å². The summed E-state index contributed by atoms with van der Waals surface area (Å²) in [6, 6.07) is 14.7. The minimum absolute atomic E-state index is 0.121. The first-order chi connectivity index (χ1) is 13.0. The van der Waals surface area contributed by atoms with Gasteiger partial charge in [-0.15, -0.1) is 0 Å². The van der Waals surface area contributed by atoms with Crippen LogP contribution < -0.4 is 15.5 Å². The fraction of sp³-hybridized carbons (Fsp3) is 0.250. The molecule has 1 aliphatic rings. The molecule has 0 unspecified atom stereocenters. The van der Waals surface area contributed by atoms with E-state index < -0.39 is 0 Å². The molecule has 0 fully saturated rings. The molecule has 0 radical (unpaired) electrons. The van der Waals surface area contributed by atoms with Crippen LogP contribution in [0.25, 0.3) is 0 Å². The zero-order valence-electron chi connectivity index (χ0n) is 14.7. The molecule has 0 atom stereocenters. The molecule has 2 N–H and O–H groups in total. The topological polar surface area (TPSA) is 78.5 Å². The highest BCUT2D eigenvalue weighted by atomic mass is 79.9. The van der Waals surface area contributed by atoms with Crippen molar-refractivity contribution in [3.63, 3.8) is 0 Å². The summed E-state index contributed by atoms with van der Waals surface area (Å²) >= 11 is 3.39. The fourth-order valence-electron chi connectivity index (χ4n) is 2.96. The van der Waals surface area contributed by atoms with Crippen molar-refractivity contribution >= 4 is 39.3 Å². The predicted molar refractivity (Wildman–Crippen MR) is 107 cm³/mol. The number of hydrogen-bond acceptors (Lipinski definition) is 3. The molecule has 3 rings (SSSR count). The number of amides is 3. The molecular formula is C20H20BrN3O3. The molecule has 27 heavy (non-hydrogen) atoms. The van der Waals surface area contributed by atoms with Crippen LogP contribution in [0.1, 0.15) is 22.3 Å². The molecule has 2 aromatic carbocycles. The number of carbonyl (C=O) groups excluding carboxylic acids is 3. The van der Waals surface area contributed by atoms with Gasteiger partial charge >= 0.3 is 0 Å². The molecule has 6 nitrogen and oxygen atoms in total. The van der Waals surface area contributed by atoms with Gasteiger partial charge in [-0.25, -0.2) is 0 Å². The van der Waals surface area contributed by atoms with Crippen molar-refractivity contribution < 1.29 is 14.4 Å². The largest absolute Gasteiger partial charge is 0.355 e. The summed E-state index contributed by atoms with van der Waals surface area (Å²) in [5, 5.41) is 5.57. The smallest absolute Gasteiger partial charge is 0.253 e. The number of rotatable bonds is 5. The molecule has 3 amide bonds. The lowest BCUT2D eigenvalue weighted by Gasteiger charge is -2.22. The minimum Gasteiger partial charge on any atom is -0.355 e. The Hall–Kier alpha value is -2.67. The molecule has 140 valence electrons. The van der Waals surface area contributed by atoms with Gasteiger partial charge in [0.1, 0.15) is 0 Å². The number of nitrogens with one attached hydrogen (secondary N) is 2. The van der Waals surface area contributed by atoms with Crippen molar-refractivity contribution in [3.05, 3.63) is 64.1 Å². The van der Waals surface area contributed by atoms with E-state index in [4.69, 9.17) is 0 Å². The molecule has 1 aliphatic heterocycles. The number of carbonyl (C=O) groups is 3. The summed E-state index contributed by atoms with van der Waals surface area (Å²) in [5.41, 5.74) is 1.98. The zero-order valence-corrected chi connectivity index (χ0v) is 16.3. The fourth-order valence-corrected chi connectivity index (χ4v) is 3.31. The number of benzene rings is 2. The van der Waals surface area contributed by atoms with Gasteiger partial charge in [-0.2, -0.15) is 0 Å². The Morgan fingerprint density at radius 3 is 2.70 bits per heavy atom. The molecule has 1 heterocycles. The Morgan fingerprint density at radius 1 is 1.15 bits per heavy atom. The van der Waals surface area contributed by atoms with Crippen molar-refractivity contribution in [1.82, 2.24) is 10.6 Å². The van der Waals surface area contributed by atoms with Crippen molar-refractivity contribution in [2.75, 3.05) is 24.5 Å². The summed E-state index contributed by atoms with van der Waals surface area (Å²) in [7, 11) is 0. The molecule has 0 saturated heterocycles. The van der Waals surface area contributed by atoms with Gasteiger partial charge < -0.3 is 15.5 Å². The third-order valence-corrected chi connectivity index (χ3v) is 4.78. The Balaban J connectivity index is 1.59. The van der Waals surface area contributed by atoms with Crippen LogP contribution in [-0.2, 0) is 16.0 Å². The average Bonchev–Trinajstić information content (AvgIpc) is 2.81. The van der Waals surface area contributed by atoms with Crippen LogP contribution in [0.3, 0.4) is 0 Å². The third-order valence-electron chi connectivity index (χ3n) is 4.29. The summed E-state index contributed by atoms with van der Waals surface area (Å²) < 4.78 is 0.796. The first-order valence-corrected chi connectivity index (χ1v) is 9.52. The second-order valence-corrected chi connectivity index (χ2v) is 7.14. The molecule has 0 aromatic heterocycles. The SMILES string of the molecule is O=C(Cc1ccccc1)NCCC(=O)N1CCNC(=O)c2ccc(Br)cc21. The first-order valence-electron chi connectivity index (χ1n) is 8.73. The Bertz CT molecular complexity index is 855. The van der Waals surface area contributed by atoms with Crippen LogP contribution >= 0.6 is 15.9 Å². The van der Waals surface area contributed by atoms with E-state index in [0.717, 1.165) is 10.0 Å². The average molecular weight is 430 g/mol. The van der Waals surface area contributed by atoms with Crippen LogP contribution in [0, 0.1) is 0 Å². The van der Waals surface area contributed by atoms with Gasteiger partial charge in [-0.3, -0.25) is 14.4 Å². The number of halogens is 1. The van der Waals surface area contributed by atoms with E-state index in [1.165, 1.54) is 0 Å². The quantitative estimate of drug-likeness (QED) is 0.764. The van der Waals surface area contributed by atoms with E-state index >= 15 is 0 Å². The molecule has 0 aliphatic carbocycles. The molecule has 0 saturated carbocycles. The number of anilines is 1. The summed E-state index contributed by atoms with van der Waals surface area (Å²) in [6.45, 7) is 1.04. The van der Waals surface area contributed by atoms with Gasteiger partial charge in [0, 0.05) is 30.5 Å². The van der Waals surface area contributed by atoms with Gasteiger partial charge in [0.25, 0.3) is 5.91 Å². The minimum atomic E-state index is -0.191. The Morgan fingerprint density at radius 2 is 1.93 bits per heavy atom. The van der Waals surface area contributed by atoms with Crippen LogP contribution in [0.2, 0.25) is 0 Å². The normalized spacial score (nSPS) is 13.4. The molecule has 0 bridgehead atoms. The van der Waals surface area contributed by atoms with Gasteiger partial charge in [-0.05, 0) is 23.8 Å². The third kappa shape index (κ3) is 4.95. The van der Waals surface area contributed by atoms with Crippen molar-refractivity contribution in [3.8, 4) is 0 Å². The highest BCUT2D eigenvalue weighted by molar-refractivity contribution is 9.10. The monoisotopic (exact) mass is 429 g/mol. The zero-order chi connectivity index (χ0) is 19.2. The summed E-state index contributed by atoms with van der Waals surface area (Å²) in [5.74, 6) is -0.445. The van der Waals surface area contributed by atoms with Crippen molar-refractivity contribution in [1.29, 1.82) is 0 Å². The first kappa shape index (κ1) is 19.1. The van der Waals surface area contributed by atoms with Crippen LogP contribution in [0.15, 0.2) is 53.0 Å². The number of hydrogen-bond donors (Lipinski definition) is 2. The van der Waals surface area contributed by atoms with E-state index in [0.29, 0.717) is 24.3 Å². The Kier molecular flexibility index (Phi) is 6.24. The lowest BCUT2D eigenvalue weighted by Crippen LogP contribution is -2.37. The highest BCUT2D eigenvalue weighted by Crippen LogP contribution is 2.27. The maximum absolute atomic E-state index is 12.7. The van der Waals surface area contributed by atoms with Gasteiger partial charge in [-0.1, -0.05) is 46.3 Å². The van der Waals surface area contributed by atoms with Gasteiger partial charge in [0.05, 0.1) is 17.7 Å². The van der Waals surface area contributed by atoms with Crippen LogP contribution in [0.4, 0.5) is 5.69 Å². The maximum atomic E-state index is 12.7. The maximum Gasteiger partial charge on any atom is 0.253 e.